The lowest BCUT2D eigenvalue weighted by molar-refractivity contribution is 0.528. The van der Waals surface area contributed by atoms with Gasteiger partial charge in [-0.15, -0.1) is 0 Å². The molecule has 0 saturated heterocycles. The molecule has 1 N–H and O–H groups in total. The normalized spacial score (nSPS) is 13.7. The van der Waals surface area contributed by atoms with E-state index in [1.165, 1.54) is 18.5 Å². The third-order valence-corrected chi connectivity index (χ3v) is 4.24. The fourth-order valence-corrected chi connectivity index (χ4v) is 2.63. The van der Waals surface area contributed by atoms with E-state index < -0.39 is 10.0 Å². The van der Waals surface area contributed by atoms with E-state index in [-0.39, 0.29) is 9.92 Å². The van der Waals surface area contributed by atoms with Crippen molar-refractivity contribution < 1.29 is 8.42 Å². The third kappa shape index (κ3) is 3.43. The number of hydrogen-bond donors (Lipinski definition) is 1. The average molecular weight is 263 g/mol. The van der Waals surface area contributed by atoms with Crippen molar-refractivity contribution in [2.75, 3.05) is 6.54 Å². The Balaban J connectivity index is 2.83. The number of aromatic nitrogens is 1. The van der Waals surface area contributed by atoms with Crippen molar-refractivity contribution >= 4 is 21.6 Å². The summed E-state index contributed by atoms with van der Waals surface area (Å²) in [5.41, 5.74) is 0. The van der Waals surface area contributed by atoms with E-state index in [1.807, 2.05) is 13.8 Å². The van der Waals surface area contributed by atoms with Gasteiger partial charge in [0.25, 0.3) is 0 Å². The molecule has 1 atom stereocenters. The van der Waals surface area contributed by atoms with Crippen LogP contribution in [0.25, 0.3) is 0 Å². The van der Waals surface area contributed by atoms with E-state index in [9.17, 15) is 8.42 Å². The highest BCUT2D eigenvalue weighted by atomic mass is 35.5. The first-order valence-electron chi connectivity index (χ1n) is 5.06. The molecule has 1 heterocycles. The average Bonchev–Trinajstić information content (AvgIpc) is 2.26. The molecule has 0 amide bonds. The standard InChI is InChI=1S/C10H15ClN2O2S/c1-3-8(2)6-13-16(14,15)10-7-12-5-4-9(10)11/h4-5,7-8,13H,3,6H2,1-2H3. The van der Waals surface area contributed by atoms with Crippen LogP contribution in [0, 0.1) is 5.92 Å². The van der Waals surface area contributed by atoms with Crippen molar-refractivity contribution in [1.29, 1.82) is 0 Å². The van der Waals surface area contributed by atoms with Crippen molar-refractivity contribution in [3.8, 4) is 0 Å². The lowest BCUT2D eigenvalue weighted by atomic mass is 10.1. The lowest BCUT2D eigenvalue weighted by Crippen LogP contribution is -2.28. The van der Waals surface area contributed by atoms with Crippen molar-refractivity contribution in [1.82, 2.24) is 9.71 Å². The quantitative estimate of drug-likeness (QED) is 0.884. The summed E-state index contributed by atoms with van der Waals surface area (Å²) in [5, 5.41) is 0.187. The molecule has 1 aromatic heterocycles. The van der Waals surface area contributed by atoms with Crippen molar-refractivity contribution in [3.63, 3.8) is 0 Å². The summed E-state index contributed by atoms with van der Waals surface area (Å²) >= 11 is 5.80. The van der Waals surface area contributed by atoms with Gasteiger partial charge in [-0.05, 0) is 12.0 Å². The Morgan fingerprint density at radius 1 is 1.56 bits per heavy atom. The predicted octanol–water partition coefficient (Wildman–Crippen LogP) is 2.06. The Morgan fingerprint density at radius 3 is 2.81 bits per heavy atom. The molecular formula is C10H15ClN2O2S. The molecule has 0 aliphatic heterocycles. The maximum Gasteiger partial charge on any atom is 0.243 e. The molecule has 1 rings (SSSR count). The van der Waals surface area contributed by atoms with Crippen LogP contribution in [0.2, 0.25) is 5.02 Å². The predicted molar refractivity (Wildman–Crippen MR) is 63.9 cm³/mol. The maximum absolute atomic E-state index is 11.8. The molecule has 16 heavy (non-hydrogen) atoms. The molecule has 0 aliphatic carbocycles. The van der Waals surface area contributed by atoms with Crippen LogP contribution in [0.15, 0.2) is 23.4 Å². The first-order valence-corrected chi connectivity index (χ1v) is 6.92. The molecule has 0 aromatic carbocycles. The van der Waals surface area contributed by atoms with Gasteiger partial charge in [-0.3, -0.25) is 4.98 Å². The van der Waals surface area contributed by atoms with E-state index in [0.29, 0.717) is 12.5 Å². The van der Waals surface area contributed by atoms with Crippen LogP contribution < -0.4 is 4.72 Å². The van der Waals surface area contributed by atoms with Crippen LogP contribution in [0.3, 0.4) is 0 Å². The minimum Gasteiger partial charge on any atom is -0.263 e. The molecule has 0 spiro atoms. The summed E-state index contributed by atoms with van der Waals surface area (Å²) in [6, 6.07) is 1.46. The summed E-state index contributed by atoms with van der Waals surface area (Å²) in [4.78, 5) is 3.78. The van der Waals surface area contributed by atoms with Gasteiger partial charge in [-0.1, -0.05) is 31.9 Å². The highest BCUT2D eigenvalue weighted by Gasteiger charge is 2.18. The molecule has 0 aliphatic rings. The van der Waals surface area contributed by atoms with Crippen molar-refractivity contribution in [2.45, 2.75) is 25.2 Å². The van der Waals surface area contributed by atoms with Gasteiger partial charge in [0.1, 0.15) is 4.90 Å². The molecule has 90 valence electrons. The van der Waals surface area contributed by atoms with Crippen LogP contribution in [0.5, 0.6) is 0 Å². The first-order chi connectivity index (χ1) is 7.47. The van der Waals surface area contributed by atoms with Crippen LogP contribution in [0.1, 0.15) is 20.3 Å². The fourth-order valence-electron chi connectivity index (χ4n) is 1.03. The Morgan fingerprint density at radius 2 is 2.25 bits per heavy atom. The molecule has 0 fully saturated rings. The highest BCUT2D eigenvalue weighted by Crippen LogP contribution is 2.19. The Labute approximate surface area is 101 Å². The van der Waals surface area contributed by atoms with Gasteiger partial charge in [0.15, 0.2) is 0 Å². The van der Waals surface area contributed by atoms with Crippen LogP contribution >= 0.6 is 11.6 Å². The van der Waals surface area contributed by atoms with Crippen LogP contribution in [-0.2, 0) is 10.0 Å². The van der Waals surface area contributed by atoms with Crippen molar-refractivity contribution in [3.05, 3.63) is 23.5 Å². The van der Waals surface area contributed by atoms with Crippen LogP contribution in [0.4, 0.5) is 0 Å². The van der Waals surface area contributed by atoms with Gasteiger partial charge >= 0.3 is 0 Å². The molecule has 4 nitrogen and oxygen atoms in total. The minimum atomic E-state index is -3.54. The van der Waals surface area contributed by atoms with E-state index in [2.05, 4.69) is 9.71 Å². The Kier molecular flexibility index (Phi) is 4.70. The van der Waals surface area contributed by atoms with Gasteiger partial charge in [0.05, 0.1) is 5.02 Å². The number of nitrogens with one attached hydrogen (secondary N) is 1. The van der Waals surface area contributed by atoms with Crippen LogP contribution in [-0.4, -0.2) is 19.9 Å². The first kappa shape index (κ1) is 13.4. The fraction of sp³-hybridized carbons (Fsp3) is 0.500. The lowest BCUT2D eigenvalue weighted by Gasteiger charge is -2.11. The van der Waals surface area contributed by atoms with E-state index >= 15 is 0 Å². The number of rotatable bonds is 5. The Bertz CT molecular complexity index is 448. The molecular weight excluding hydrogens is 248 g/mol. The zero-order valence-corrected chi connectivity index (χ0v) is 10.8. The monoisotopic (exact) mass is 262 g/mol. The Hall–Kier alpha value is -0.650. The van der Waals surface area contributed by atoms with E-state index in [0.717, 1.165) is 6.42 Å². The number of hydrogen-bond acceptors (Lipinski definition) is 3. The van der Waals surface area contributed by atoms with Gasteiger partial charge < -0.3 is 0 Å². The van der Waals surface area contributed by atoms with Crippen molar-refractivity contribution in [2.24, 2.45) is 5.92 Å². The number of halogens is 1. The summed E-state index contributed by atoms with van der Waals surface area (Å²) in [5.74, 6) is 0.297. The third-order valence-electron chi connectivity index (χ3n) is 2.34. The number of pyridine rings is 1. The molecule has 1 aromatic rings. The number of nitrogens with zero attached hydrogens (tertiary/aromatic N) is 1. The SMILES string of the molecule is CCC(C)CNS(=O)(=O)c1cnccc1Cl. The van der Waals surface area contributed by atoms with E-state index in [1.54, 1.807) is 0 Å². The van der Waals surface area contributed by atoms with Gasteiger partial charge in [0.2, 0.25) is 10.0 Å². The molecule has 0 radical (unpaired) electrons. The van der Waals surface area contributed by atoms with E-state index in [4.69, 9.17) is 11.6 Å². The summed E-state index contributed by atoms with van der Waals surface area (Å²) in [7, 11) is -3.54. The van der Waals surface area contributed by atoms with Gasteiger partial charge in [-0.2, -0.15) is 0 Å². The zero-order valence-electron chi connectivity index (χ0n) is 9.27. The summed E-state index contributed by atoms with van der Waals surface area (Å²) in [6.45, 7) is 4.40. The highest BCUT2D eigenvalue weighted by molar-refractivity contribution is 7.89. The van der Waals surface area contributed by atoms with Gasteiger partial charge in [-0.25, -0.2) is 13.1 Å². The second kappa shape index (κ2) is 5.61. The zero-order chi connectivity index (χ0) is 12.2. The molecule has 0 saturated carbocycles. The largest absolute Gasteiger partial charge is 0.263 e. The summed E-state index contributed by atoms with van der Waals surface area (Å²) in [6.07, 6.45) is 3.63. The summed E-state index contributed by atoms with van der Waals surface area (Å²) < 4.78 is 26.2. The molecule has 0 bridgehead atoms. The van der Waals surface area contributed by atoms with Gasteiger partial charge in [0, 0.05) is 18.9 Å². The molecule has 1 unspecified atom stereocenters. The number of sulfonamides is 1. The minimum absolute atomic E-state index is 0.0277. The topological polar surface area (TPSA) is 59.1 Å². The second-order valence-electron chi connectivity index (χ2n) is 3.67. The maximum atomic E-state index is 11.8. The second-order valence-corrected chi connectivity index (χ2v) is 5.81. The molecule has 6 heteroatoms. The smallest absolute Gasteiger partial charge is 0.243 e.